The van der Waals surface area contributed by atoms with E-state index in [1.165, 1.54) is 0 Å². The number of methoxy groups -OCH3 is 1. The lowest BCUT2D eigenvalue weighted by Crippen LogP contribution is -2.41. The van der Waals surface area contributed by atoms with E-state index in [9.17, 15) is 4.79 Å². The maximum atomic E-state index is 12.2. The third-order valence-electron chi connectivity index (χ3n) is 3.25. The van der Waals surface area contributed by atoms with Crippen molar-refractivity contribution in [2.24, 2.45) is 0 Å². The van der Waals surface area contributed by atoms with E-state index < -0.39 is 6.10 Å². The molecule has 0 aliphatic carbocycles. The van der Waals surface area contributed by atoms with Gasteiger partial charge in [0.25, 0.3) is 5.91 Å². The Bertz CT molecular complexity index is 431. The summed E-state index contributed by atoms with van der Waals surface area (Å²) in [5, 5.41) is 0. The standard InChI is InChI=1S/C13H18N2O2/c1-9(17-2)13(16)15-8-4-5-10-11(14)6-3-7-12(10)15/h3,6-7,9H,4-5,8,14H2,1-2H3. The van der Waals surface area contributed by atoms with Gasteiger partial charge in [-0.25, -0.2) is 0 Å². The van der Waals surface area contributed by atoms with Crippen LogP contribution in [0.15, 0.2) is 18.2 Å². The van der Waals surface area contributed by atoms with Gasteiger partial charge in [0, 0.05) is 25.0 Å². The number of fused-ring (bicyclic) bond motifs is 1. The average molecular weight is 234 g/mol. The van der Waals surface area contributed by atoms with Crippen molar-refractivity contribution in [1.29, 1.82) is 0 Å². The zero-order chi connectivity index (χ0) is 12.4. The van der Waals surface area contributed by atoms with Gasteiger partial charge in [0.15, 0.2) is 0 Å². The molecule has 0 radical (unpaired) electrons. The van der Waals surface area contributed by atoms with Crippen LogP contribution in [0.25, 0.3) is 0 Å². The first kappa shape index (κ1) is 11.9. The summed E-state index contributed by atoms with van der Waals surface area (Å²) < 4.78 is 5.09. The summed E-state index contributed by atoms with van der Waals surface area (Å²) in [7, 11) is 1.55. The van der Waals surface area contributed by atoms with Crippen molar-refractivity contribution in [3.63, 3.8) is 0 Å². The molecule has 0 saturated heterocycles. The van der Waals surface area contributed by atoms with Crippen molar-refractivity contribution >= 4 is 17.3 Å². The number of ether oxygens (including phenoxy) is 1. The van der Waals surface area contributed by atoms with Gasteiger partial charge in [0.2, 0.25) is 0 Å². The van der Waals surface area contributed by atoms with Crippen LogP contribution in [0.1, 0.15) is 18.9 Å². The highest BCUT2D eigenvalue weighted by molar-refractivity contribution is 5.98. The number of hydrogen-bond donors (Lipinski definition) is 1. The fourth-order valence-corrected chi connectivity index (χ4v) is 2.20. The highest BCUT2D eigenvalue weighted by Crippen LogP contribution is 2.31. The van der Waals surface area contributed by atoms with Gasteiger partial charge in [-0.2, -0.15) is 0 Å². The van der Waals surface area contributed by atoms with E-state index >= 15 is 0 Å². The Morgan fingerprint density at radius 3 is 3.00 bits per heavy atom. The SMILES string of the molecule is COC(C)C(=O)N1CCCc2c(N)cccc21. The molecule has 2 rings (SSSR count). The van der Waals surface area contributed by atoms with Crippen molar-refractivity contribution < 1.29 is 9.53 Å². The second-order valence-corrected chi connectivity index (χ2v) is 4.32. The molecule has 92 valence electrons. The summed E-state index contributed by atoms with van der Waals surface area (Å²) in [4.78, 5) is 13.9. The maximum absolute atomic E-state index is 12.2. The molecule has 0 saturated carbocycles. The molecule has 1 amide bonds. The van der Waals surface area contributed by atoms with Crippen molar-refractivity contribution in [2.75, 3.05) is 24.3 Å². The molecule has 1 unspecified atom stereocenters. The Balaban J connectivity index is 2.35. The number of amides is 1. The molecular weight excluding hydrogens is 216 g/mol. The number of carbonyl (C=O) groups excluding carboxylic acids is 1. The average Bonchev–Trinajstić information content (AvgIpc) is 2.37. The second kappa shape index (κ2) is 4.75. The first-order valence-electron chi connectivity index (χ1n) is 5.86. The summed E-state index contributed by atoms with van der Waals surface area (Å²) in [6.07, 6.45) is 1.47. The molecule has 2 N–H and O–H groups in total. The van der Waals surface area contributed by atoms with Gasteiger partial charge in [-0.05, 0) is 37.5 Å². The van der Waals surface area contributed by atoms with E-state index in [4.69, 9.17) is 10.5 Å². The second-order valence-electron chi connectivity index (χ2n) is 4.32. The summed E-state index contributed by atoms with van der Waals surface area (Å²) in [6, 6.07) is 5.72. The van der Waals surface area contributed by atoms with E-state index in [2.05, 4.69) is 0 Å². The van der Waals surface area contributed by atoms with Gasteiger partial charge in [-0.1, -0.05) is 6.07 Å². The van der Waals surface area contributed by atoms with Crippen molar-refractivity contribution in [2.45, 2.75) is 25.9 Å². The van der Waals surface area contributed by atoms with Crippen LogP contribution in [0.4, 0.5) is 11.4 Å². The minimum absolute atomic E-state index is 0.000880. The van der Waals surface area contributed by atoms with Crippen LogP contribution >= 0.6 is 0 Å². The molecular formula is C13H18N2O2. The highest BCUT2D eigenvalue weighted by Gasteiger charge is 2.26. The lowest BCUT2D eigenvalue weighted by molar-refractivity contribution is -0.127. The number of benzene rings is 1. The number of anilines is 2. The molecule has 0 aromatic heterocycles. The van der Waals surface area contributed by atoms with E-state index in [0.29, 0.717) is 0 Å². The summed E-state index contributed by atoms with van der Waals surface area (Å²) in [5.41, 5.74) is 8.73. The van der Waals surface area contributed by atoms with E-state index in [-0.39, 0.29) is 5.91 Å². The van der Waals surface area contributed by atoms with Gasteiger partial charge >= 0.3 is 0 Å². The van der Waals surface area contributed by atoms with Gasteiger partial charge in [0.05, 0.1) is 0 Å². The molecule has 0 bridgehead atoms. The lowest BCUT2D eigenvalue weighted by atomic mass is 9.99. The lowest BCUT2D eigenvalue weighted by Gasteiger charge is -2.31. The Hall–Kier alpha value is -1.55. The largest absolute Gasteiger partial charge is 0.398 e. The topological polar surface area (TPSA) is 55.6 Å². The van der Waals surface area contributed by atoms with Crippen LogP contribution in [0.2, 0.25) is 0 Å². The Kier molecular flexibility index (Phi) is 3.33. The molecule has 1 aliphatic heterocycles. The fraction of sp³-hybridized carbons (Fsp3) is 0.462. The number of nitrogen functional groups attached to an aromatic ring is 1. The number of hydrogen-bond acceptors (Lipinski definition) is 3. The number of nitrogens with zero attached hydrogens (tertiary/aromatic N) is 1. The Morgan fingerprint density at radius 2 is 2.29 bits per heavy atom. The van der Waals surface area contributed by atoms with Crippen LogP contribution in [-0.4, -0.2) is 25.7 Å². The first-order chi connectivity index (χ1) is 8.15. The van der Waals surface area contributed by atoms with E-state index in [1.807, 2.05) is 18.2 Å². The zero-order valence-corrected chi connectivity index (χ0v) is 10.3. The predicted octanol–water partition coefficient (Wildman–Crippen LogP) is 1.58. The summed E-state index contributed by atoms with van der Waals surface area (Å²) in [6.45, 7) is 2.51. The number of nitrogens with two attached hydrogens (primary N) is 1. The fourth-order valence-electron chi connectivity index (χ4n) is 2.20. The van der Waals surface area contributed by atoms with Crippen LogP contribution in [0.5, 0.6) is 0 Å². The molecule has 1 aromatic rings. The summed E-state index contributed by atoms with van der Waals surface area (Å²) >= 11 is 0. The van der Waals surface area contributed by atoms with Crippen molar-refractivity contribution in [3.05, 3.63) is 23.8 Å². The molecule has 0 spiro atoms. The molecule has 1 heterocycles. The normalized spacial score (nSPS) is 16.5. The zero-order valence-electron chi connectivity index (χ0n) is 10.3. The molecule has 17 heavy (non-hydrogen) atoms. The monoisotopic (exact) mass is 234 g/mol. The highest BCUT2D eigenvalue weighted by atomic mass is 16.5. The van der Waals surface area contributed by atoms with Gasteiger partial charge in [0.1, 0.15) is 6.10 Å². The molecule has 1 atom stereocenters. The van der Waals surface area contributed by atoms with Crippen LogP contribution in [0.3, 0.4) is 0 Å². The Morgan fingerprint density at radius 1 is 1.53 bits per heavy atom. The van der Waals surface area contributed by atoms with Crippen molar-refractivity contribution in [3.8, 4) is 0 Å². The molecule has 4 heteroatoms. The quantitative estimate of drug-likeness (QED) is 0.790. The molecule has 0 fully saturated rings. The third kappa shape index (κ3) is 2.13. The van der Waals surface area contributed by atoms with Gasteiger partial charge in [-0.3, -0.25) is 4.79 Å². The predicted molar refractivity (Wildman–Crippen MR) is 68.0 cm³/mol. The van der Waals surface area contributed by atoms with Crippen LogP contribution in [-0.2, 0) is 16.0 Å². The molecule has 4 nitrogen and oxygen atoms in total. The minimum Gasteiger partial charge on any atom is -0.398 e. The smallest absolute Gasteiger partial charge is 0.255 e. The van der Waals surface area contributed by atoms with Crippen LogP contribution in [0, 0.1) is 0 Å². The van der Waals surface area contributed by atoms with Crippen LogP contribution < -0.4 is 10.6 Å². The van der Waals surface area contributed by atoms with E-state index in [0.717, 1.165) is 36.3 Å². The number of rotatable bonds is 2. The van der Waals surface area contributed by atoms with Crippen molar-refractivity contribution in [1.82, 2.24) is 0 Å². The third-order valence-corrected chi connectivity index (χ3v) is 3.25. The van der Waals surface area contributed by atoms with Gasteiger partial charge in [-0.15, -0.1) is 0 Å². The first-order valence-corrected chi connectivity index (χ1v) is 5.86. The Labute approximate surface area is 101 Å². The van der Waals surface area contributed by atoms with Gasteiger partial charge < -0.3 is 15.4 Å². The number of carbonyl (C=O) groups is 1. The maximum Gasteiger partial charge on any atom is 0.255 e. The molecule has 1 aliphatic rings. The molecule has 1 aromatic carbocycles. The minimum atomic E-state index is -0.414. The van der Waals surface area contributed by atoms with E-state index in [1.54, 1.807) is 18.9 Å². The summed E-state index contributed by atoms with van der Waals surface area (Å²) in [5.74, 6) is -0.000880.